The summed E-state index contributed by atoms with van der Waals surface area (Å²) < 4.78 is 1.79. The van der Waals surface area contributed by atoms with E-state index in [1.54, 1.807) is 11.0 Å². The highest BCUT2D eigenvalue weighted by Gasteiger charge is 2.62. The number of Topliss-reactive ketones (excluding diaryl/α,β-unsaturated/α-hetero) is 2. The largest absolute Gasteiger partial charge is 0.300 e. The second kappa shape index (κ2) is 5.49. The first kappa shape index (κ1) is 16.6. The van der Waals surface area contributed by atoms with Crippen LogP contribution in [0.25, 0.3) is 0 Å². The minimum Gasteiger partial charge on any atom is -0.300 e. The van der Waals surface area contributed by atoms with E-state index in [2.05, 4.69) is 23.9 Å². The van der Waals surface area contributed by atoms with Gasteiger partial charge in [0.2, 0.25) is 0 Å². The Morgan fingerprint density at radius 2 is 1.96 bits per heavy atom. The fraction of sp³-hybridized carbons (Fsp3) is 0.810. The maximum absolute atomic E-state index is 13.3. The molecule has 0 amide bonds. The van der Waals surface area contributed by atoms with Crippen LogP contribution in [0.15, 0.2) is 12.7 Å². The van der Waals surface area contributed by atoms with Gasteiger partial charge in [-0.05, 0) is 67.6 Å². The molecule has 4 fully saturated rings. The van der Waals surface area contributed by atoms with Gasteiger partial charge < -0.3 is 0 Å². The Kier molecular flexibility index (Phi) is 3.51. The molecule has 1 aromatic heterocycles. The number of fused-ring (bicyclic) bond motifs is 5. The van der Waals surface area contributed by atoms with Crippen LogP contribution < -0.4 is 0 Å². The average molecular weight is 355 g/mol. The Balaban J connectivity index is 1.47. The molecule has 5 heteroatoms. The van der Waals surface area contributed by atoms with Gasteiger partial charge in [0.15, 0.2) is 5.78 Å². The zero-order valence-corrected chi connectivity index (χ0v) is 15.9. The maximum atomic E-state index is 13.3. The van der Waals surface area contributed by atoms with Gasteiger partial charge in [0.05, 0.1) is 0 Å². The highest BCUT2D eigenvalue weighted by atomic mass is 16.1. The fourth-order valence-corrected chi connectivity index (χ4v) is 7.44. The molecule has 4 aliphatic carbocycles. The van der Waals surface area contributed by atoms with E-state index in [9.17, 15) is 9.59 Å². The summed E-state index contributed by atoms with van der Waals surface area (Å²) in [6.45, 7) is 4.67. The van der Waals surface area contributed by atoms with Crippen LogP contribution in [0.5, 0.6) is 0 Å². The van der Waals surface area contributed by atoms with Gasteiger partial charge in [-0.25, -0.2) is 9.67 Å². The summed E-state index contributed by atoms with van der Waals surface area (Å²) in [6.07, 6.45) is 11.3. The van der Waals surface area contributed by atoms with Crippen molar-refractivity contribution in [3.05, 3.63) is 12.7 Å². The van der Waals surface area contributed by atoms with Crippen molar-refractivity contribution in [3.8, 4) is 0 Å². The normalized spacial score (nSPS) is 48.0. The van der Waals surface area contributed by atoms with E-state index < -0.39 is 0 Å². The van der Waals surface area contributed by atoms with Gasteiger partial charge in [0.25, 0.3) is 0 Å². The summed E-state index contributed by atoms with van der Waals surface area (Å²) in [5.41, 5.74) is 0.0953. The molecule has 140 valence electrons. The topological polar surface area (TPSA) is 64.8 Å². The zero-order valence-electron chi connectivity index (χ0n) is 15.9. The quantitative estimate of drug-likeness (QED) is 0.772. The first-order valence-corrected chi connectivity index (χ1v) is 10.3. The second-order valence-electron chi connectivity index (χ2n) is 9.85. The van der Waals surface area contributed by atoms with Crippen LogP contribution in [0.1, 0.15) is 71.3 Å². The molecule has 5 nitrogen and oxygen atoms in total. The Labute approximate surface area is 154 Å². The molecule has 0 saturated heterocycles. The minimum atomic E-state index is -0.203. The number of hydrogen-bond acceptors (Lipinski definition) is 4. The highest BCUT2D eigenvalue weighted by molar-refractivity contribution is 5.90. The summed E-state index contributed by atoms with van der Waals surface area (Å²) in [7, 11) is 0. The Hall–Kier alpha value is -1.52. The van der Waals surface area contributed by atoms with Crippen LogP contribution in [0.4, 0.5) is 0 Å². The third kappa shape index (κ3) is 2.09. The van der Waals surface area contributed by atoms with Crippen molar-refractivity contribution in [1.82, 2.24) is 14.8 Å². The van der Waals surface area contributed by atoms with Crippen LogP contribution >= 0.6 is 0 Å². The van der Waals surface area contributed by atoms with Gasteiger partial charge in [-0.3, -0.25) is 9.59 Å². The lowest BCUT2D eigenvalue weighted by molar-refractivity contribution is -0.144. The van der Waals surface area contributed by atoms with E-state index in [1.165, 1.54) is 12.7 Å². The number of carbonyl (C=O) groups excluding carboxylic acids is 2. The van der Waals surface area contributed by atoms with Crippen molar-refractivity contribution in [1.29, 1.82) is 0 Å². The molecule has 4 aliphatic rings. The lowest BCUT2D eigenvalue weighted by atomic mass is 9.45. The van der Waals surface area contributed by atoms with Crippen LogP contribution in [0.3, 0.4) is 0 Å². The van der Waals surface area contributed by atoms with Crippen molar-refractivity contribution in [2.45, 2.75) is 71.3 Å². The van der Waals surface area contributed by atoms with Crippen LogP contribution in [0.2, 0.25) is 0 Å². The predicted molar refractivity (Wildman–Crippen MR) is 96.2 cm³/mol. The molecule has 7 atom stereocenters. The van der Waals surface area contributed by atoms with E-state index in [0.29, 0.717) is 40.7 Å². The summed E-state index contributed by atoms with van der Waals surface area (Å²) in [6, 6.07) is -0.135. The number of hydrogen-bond donors (Lipinski definition) is 0. The average Bonchev–Trinajstić information content (AvgIpc) is 3.23. The van der Waals surface area contributed by atoms with Gasteiger partial charge in [0.1, 0.15) is 24.5 Å². The molecule has 0 aromatic carbocycles. The molecule has 1 aromatic rings. The molecular formula is C21H29N3O2. The minimum absolute atomic E-state index is 0.135. The van der Waals surface area contributed by atoms with Crippen LogP contribution in [0, 0.1) is 34.5 Å². The van der Waals surface area contributed by atoms with E-state index in [0.717, 1.165) is 44.9 Å². The number of nitrogens with zero attached hydrogens (tertiary/aromatic N) is 3. The monoisotopic (exact) mass is 355 g/mol. The predicted octanol–water partition coefficient (Wildman–Crippen LogP) is 3.61. The molecule has 26 heavy (non-hydrogen) atoms. The van der Waals surface area contributed by atoms with E-state index in [4.69, 9.17) is 0 Å². The van der Waals surface area contributed by atoms with Gasteiger partial charge >= 0.3 is 0 Å². The lowest BCUT2D eigenvalue weighted by Crippen LogP contribution is -2.53. The molecule has 0 N–H and O–H groups in total. The molecule has 4 saturated carbocycles. The highest BCUT2D eigenvalue weighted by Crippen LogP contribution is 2.66. The van der Waals surface area contributed by atoms with Crippen molar-refractivity contribution in [2.24, 2.45) is 34.5 Å². The second-order valence-corrected chi connectivity index (χ2v) is 9.85. The summed E-state index contributed by atoms with van der Waals surface area (Å²) in [4.78, 5) is 29.4. The van der Waals surface area contributed by atoms with Gasteiger partial charge in [-0.2, -0.15) is 5.10 Å². The van der Waals surface area contributed by atoms with Crippen LogP contribution in [-0.2, 0) is 9.59 Å². The number of carbonyl (C=O) groups is 2. The molecule has 0 radical (unpaired) electrons. The van der Waals surface area contributed by atoms with Crippen molar-refractivity contribution in [2.75, 3.05) is 0 Å². The molecule has 0 bridgehead atoms. The van der Waals surface area contributed by atoms with E-state index in [-0.39, 0.29) is 11.5 Å². The maximum Gasteiger partial charge on any atom is 0.163 e. The Bertz CT molecular complexity index is 744. The first-order valence-electron chi connectivity index (χ1n) is 10.3. The molecule has 0 spiro atoms. The summed E-state index contributed by atoms with van der Waals surface area (Å²) in [5.74, 6) is 3.16. The van der Waals surface area contributed by atoms with Crippen LogP contribution in [-0.4, -0.2) is 26.3 Å². The molecule has 5 rings (SSSR count). The van der Waals surface area contributed by atoms with Gasteiger partial charge in [-0.1, -0.05) is 13.8 Å². The Morgan fingerprint density at radius 3 is 2.73 bits per heavy atom. The molecule has 0 unspecified atom stereocenters. The summed E-state index contributed by atoms with van der Waals surface area (Å²) in [5, 5.41) is 4.28. The number of aromatic nitrogens is 3. The van der Waals surface area contributed by atoms with Crippen molar-refractivity contribution in [3.63, 3.8) is 0 Å². The lowest BCUT2D eigenvalue weighted by Gasteiger charge is -2.59. The standard InChI is InChI=1S/C21H29N3O2/c1-20-7-5-14(25)9-13(20)3-4-15-16(20)6-8-21(2)17(15)10-18(19(21)26)24-12-22-11-23-24/h11-13,15-18H,3-10H2,1-2H3/t13-,15+,16-,17-,18-,20-,21-/m0/s1. The third-order valence-corrected chi connectivity index (χ3v) is 8.97. The van der Waals surface area contributed by atoms with Crippen molar-refractivity contribution < 1.29 is 9.59 Å². The fourth-order valence-electron chi connectivity index (χ4n) is 7.44. The first-order chi connectivity index (χ1) is 12.4. The number of rotatable bonds is 1. The molecule has 1 heterocycles. The SMILES string of the molecule is C[C@]12CCC(=O)C[C@@H]1CC[C@@H]1[C@@H]2CC[C@]2(C)C(=O)[C@@H](n3cncn3)C[C@@H]12. The van der Waals surface area contributed by atoms with Gasteiger partial charge in [-0.15, -0.1) is 0 Å². The zero-order chi connectivity index (χ0) is 18.1. The van der Waals surface area contributed by atoms with Gasteiger partial charge in [0, 0.05) is 18.3 Å². The molecular weight excluding hydrogens is 326 g/mol. The van der Waals surface area contributed by atoms with E-state index in [1.807, 2.05) is 0 Å². The number of ketones is 2. The molecule has 0 aliphatic heterocycles. The third-order valence-electron chi connectivity index (χ3n) is 8.97. The van der Waals surface area contributed by atoms with E-state index >= 15 is 0 Å². The Morgan fingerprint density at radius 1 is 1.12 bits per heavy atom. The summed E-state index contributed by atoms with van der Waals surface area (Å²) >= 11 is 0. The van der Waals surface area contributed by atoms with Crippen molar-refractivity contribution >= 4 is 11.6 Å². The smallest absolute Gasteiger partial charge is 0.163 e.